The summed E-state index contributed by atoms with van der Waals surface area (Å²) < 4.78 is 98.0. The Kier molecular flexibility index (Phi) is 6.44. The number of rotatable bonds is 4. The van der Waals surface area contributed by atoms with Crippen molar-refractivity contribution in [3.8, 4) is 0 Å². The molecule has 1 fully saturated rings. The van der Waals surface area contributed by atoms with Crippen molar-refractivity contribution >= 4 is 11.7 Å². The van der Waals surface area contributed by atoms with Crippen molar-refractivity contribution in [2.24, 2.45) is 5.92 Å². The third-order valence-corrected chi connectivity index (χ3v) is 5.86. The van der Waals surface area contributed by atoms with Gasteiger partial charge in [-0.3, -0.25) is 4.79 Å². The van der Waals surface area contributed by atoms with Crippen LogP contribution in [0.3, 0.4) is 0 Å². The molecule has 0 unspecified atom stereocenters. The van der Waals surface area contributed by atoms with E-state index in [9.17, 15) is 35.5 Å². The maximum atomic E-state index is 13.4. The van der Waals surface area contributed by atoms with Crippen LogP contribution in [0, 0.1) is 11.7 Å². The van der Waals surface area contributed by atoms with Crippen LogP contribution in [0.4, 0.5) is 36.4 Å². The molecular formula is C22H20F7NO2. The van der Waals surface area contributed by atoms with E-state index in [0.29, 0.717) is 30.5 Å². The van der Waals surface area contributed by atoms with E-state index in [1.807, 2.05) is 0 Å². The Morgan fingerprint density at radius 2 is 1.47 bits per heavy atom. The molecule has 3 nitrogen and oxygen atoms in total. The summed E-state index contributed by atoms with van der Waals surface area (Å²) in [5.41, 5.74) is -2.58. The summed E-state index contributed by atoms with van der Waals surface area (Å²) in [6.45, 7) is 0. The highest BCUT2D eigenvalue weighted by atomic mass is 19.4. The van der Waals surface area contributed by atoms with Gasteiger partial charge in [-0.15, -0.1) is 0 Å². The summed E-state index contributed by atoms with van der Waals surface area (Å²) >= 11 is 0. The van der Waals surface area contributed by atoms with Gasteiger partial charge in [0.25, 0.3) is 0 Å². The minimum absolute atomic E-state index is 0.0701. The molecule has 3 atom stereocenters. The molecular weight excluding hydrogens is 443 g/mol. The van der Waals surface area contributed by atoms with Gasteiger partial charge in [-0.25, -0.2) is 4.39 Å². The van der Waals surface area contributed by atoms with Gasteiger partial charge in [0, 0.05) is 24.7 Å². The first-order chi connectivity index (χ1) is 14.8. The molecule has 10 heteroatoms. The van der Waals surface area contributed by atoms with Crippen molar-refractivity contribution in [2.45, 2.75) is 37.2 Å². The summed E-state index contributed by atoms with van der Waals surface area (Å²) in [5, 5.41) is 0. The monoisotopic (exact) mass is 463 g/mol. The number of alkyl halides is 6. The fourth-order valence-electron chi connectivity index (χ4n) is 4.30. The summed E-state index contributed by atoms with van der Waals surface area (Å²) in [6.07, 6.45) is -9.32. The lowest BCUT2D eigenvalue weighted by molar-refractivity contribution is -0.146. The topological polar surface area (TPSA) is 29.5 Å². The van der Waals surface area contributed by atoms with E-state index in [-0.39, 0.29) is 11.8 Å². The van der Waals surface area contributed by atoms with Crippen molar-refractivity contribution in [3.05, 3.63) is 65.0 Å². The van der Waals surface area contributed by atoms with Crippen LogP contribution < -0.4 is 4.90 Å². The number of halogens is 7. The predicted molar refractivity (Wildman–Crippen MR) is 103 cm³/mol. The van der Waals surface area contributed by atoms with Crippen molar-refractivity contribution in [1.29, 1.82) is 0 Å². The first-order valence-corrected chi connectivity index (χ1v) is 9.68. The number of benzene rings is 2. The van der Waals surface area contributed by atoms with E-state index in [1.54, 1.807) is 0 Å². The molecule has 2 aromatic carbocycles. The third-order valence-electron chi connectivity index (χ3n) is 5.86. The zero-order valence-electron chi connectivity index (χ0n) is 17.1. The summed E-state index contributed by atoms with van der Waals surface area (Å²) in [7, 11) is 2.58. The van der Waals surface area contributed by atoms with Crippen molar-refractivity contribution in [1.82, 2.24) is 0 Å². The van der Waals surface area contributed by atoms with Crippen LogP contribution in [0.2, 0.25) is 0 Å². The molecule has 1 aliphatic carbocycles. The zero-order valence-corrected chi connectivity index (χ0v) is 17.1. The lowest BCUT2D eigenvalue weighted by atomic mass is 9.85. The lowest BCUT2D eigenvalue weighted by Gasteiger charge is -2.34. The van der Waals surface area contributed by atoms with Gasteiger partial charge in [0.2, 0.25) is 0 Å². The van der Waals surface area contributed by atoms with Crippen LogP contribution in [0.5, 0.6) is 0 Å². The average Bonchev–Trinajstić information content (AvgIpc) is 3.16. The minimum Gasteiger partial charge on any atom is -0.469 e. The molecule has 1 saturated carbocycles. The second-order valence-electron chi connectivity index (χ2n) is 7.73. The average molecular weight is 463 g/mol. The molecule has 0 radical (unpaired) electrons. The van der Waals surface area contributed by atoms with E-state index in [0.717, 1.165) is 0 Å². The highest BCUT2D eigenvalue weighted by molar-refractivity contribution is 5.74. The minimum atomic E-state index is -4.97. The number of hydrogen-bond donors (Lipinski definition) is 0. The number of carbonyl (C=O) groups is 1. The molecule has 174 valence electrons. The van der Waals surface area contributed by atoms with E-state index in [1.165, 1.54) is 43.3 Å². The molecule has 0 amide bonds. The van der Waals surface area contributed by atoms with Crippen LogP contribution in [0.1, 0.15) is 35.4 Å². The second kappa shape index (κ2) is 8.63. The van der Waals surface area contributed by atoms with Crippen LogP contribution in [0.25, 0.3) is 0 Å². The van der Waals surface area contributed by atoms with Gasteiger partial charge in [0.1, 0.15) is 5.82 Å². The van der Waals surface area contributed by atoms with Crippen LogP contribution in [-0.2, 0) is 21.9 Å². The van der Waals surface area contributed by atoms with Crippen molar-refractivity contribution < 1.29 is 40.3 Å². The molecule has 0 bridgehead atoms. The summed E-state index contributed by atoms with van der Waals surface area (Å²) in [5.74, 6) is -2.35. The first-order valence-electron chi connectivity index (χ1n) is 9.68. The lowest BCUT2D eigenvalue weighted by Crippen LogP contribution is -2.37. The van der Waals surface area contributed by atoms with Gasteiger partial charge >= 0.3 is 18.3 Å². The molecule has 32 heavy (non-hydrogen) atoms. The number of nitrogens with zero attached hydrogens (tertiary/aromatic N) is 1. The van der Waals surface area contributed by atoms with Gasteiger partial charge in [0.05, 0.1) is 24.2 Å². The number of carbonyl (C=O) groups excluding carboxylic acids is 1. The molecule has 2 aromatic rings. The van der Waals surface area contributed by atoms with E-state index < -0.39 is 53.1 Å². The molecule has 0 N–H and O–H groups in total. The Balaban J connectivity index is 2.07. The SMILES string of the molecule is COC(=O)[C@H]1CC[C@H](N(C)c2cc(C(F)(F)F)cc(C(F)(F)F)c2)[C@@H]1c1ccc(F)cc1. The van der Waals surface area contributed by atoms with Gasteiger partial charge in [-0.2, -0.15) is 26.3 Å². The molecule has 0 saturated heterocycles. The van der Waals surface area contributed by atoms with Gasteiger partial charge in [-0.1, -0.05) is 12.1 Å². The summed E-state index contributed by atoms with van der Waals surface area (Å²) in [4.78, 5) is 13.6. The fraction of sp³-hybridized carbons (Fsp3) is 0.409. The maximum Gasteiger partial charge on any atom is 0.416 e. The standard InChI is InChI=1S/C22H20F7NO2/c1-30(16-10-13(21(24,25)26)9-14(11-16)22(27,28)29)18-8-7-17(20(31)32-2)19(18)12-3-5-15(23)6-4-12/h3-6,9-11,17-19H,7-8H2,1-2H3/t17-,18-,19+/m0/s1. The fourth-order valence-corrected chi connectivity index (χ4v) is 4.30. The number of hydrogen-bond acceptors (Lipinski definition) is 3. The first kappa shape index (κ1) is 23.9. The quantitative estimate of drug-likeness (QED) is 0.409. The normalized spacial score (nSPS) is 21.5. The van der Waals surface area contributed by atoms with Crippen molar-refractivity contribution in [2.75, 3.05) is 19.1 Å². The largest absolute Gasteiger partial charge is 0.469 e. The highest BCUT2D eigenvalue weighted by Gasteiger charge is 2.44. The molecule has 0 aromatic heterocycles. The van der Waals surface area contributed by atoms with Gasteiger partial charge in [-0.05, 0) is 48.7 Å². The Bertz CT molecular complexity index is 937. The predicted octanol–water partition coefficient (Wildman–Crippen LogP) is 6.03. The molecule has 0 aliphatic heterocycles. The van der Waals surface area contributed by atoms with Gasteiger partial charge < -0.3 is 9.64 Å². The Morgan fingerprint density at radius 3 is 1.94 bits per heavy atom. The zero-order chi connectivity index (χ0) is 23.8. The van der Waals surface area contributed by atoms with E-state index >= 15 is 0 Å². The Hall–Kier alpha value is -2.78. The molecule has 0 spiro atoms. The molecule has 3 rings (SSSR count). The number of esters is 1. The van der Waals surface area contributed by atoms with Crippen LogP contribution in [-0.4, -0.2) is 26.2 Å². The summed E-state index contributed by atoms with van der Waals surface area (Å²) in [6, 6.07) is 6.04. The smallest absolute Gasteiger partial charge is 0.416 e. The van der Waals surface area contributed by atoms with Gasteiger partial charge in [0.15, 0.2) is 0 Å². The number of ether oxygens (including phenoxy) is 1. The third kappa shape index (κ3) is 4.83. The van der Waals surface area contributed by atoms with Crippen molar-refractivity contribution in [3.63, 3.8) is 0 Å². The number of methoxy groups -OCH3 is 1. The van der Waals surface area contributed by atoms with E-state index in [4.69, 9.17) is 4.74 Å². The van der Waals surface area contributed by atoms with Crippen LogP contribution >= 0.6 is 0 Å². The second-order valence-corrected chi connectivity index (χ2v) is 7.73. The number of anilines is 1. The highest BCUT2D eigenvalue weighted by Crippen LogP contribution is 2.45. The Morgan fingerprint density at radius 1 is 0.938 bits per heavy atom. The Labute approximate surface area is 179 Å². The molecule has 1 aliphatic rings. The van der Waals surface area contributed by atoms with E-state index in [2.05, 4.69) is 0 Å². The van der Waals surface area contributed by atoms with Crippen LogP contribution in [0.15, 0.2) is 42.5 Å². The molecule has 0 heterocycles. The maximum absolute atomic E-state index is 13.4. The number of likely N-dealkylation sites (N-methyl/N-ethyl adjacent to an activating group) is 1.